The molecule has 2 heterocycles. The molecule has 2 aliphatic rings. The SMILES string of the molecule is CC(C)COc1cncc(NC2CCC(N3C(=O)CCC3=O)CC2)n1. The van der Waals surface area contributed by atoms with Crippen LogP contribution in [0.25, 0.3) is 0 Å². The predicted octanol–water partition coefficient (Wildman–Crippen LogP) is 2.38. The molecule has 7 nitrogen and oxygen atoms in total. The number of rotatable bonds is 6. The van der Waals surface area contributed by atoms with E-state index in [4.69, 9.17) is 4.74 Å². The quantitative estimate of drug-likeness (QED) is 0.796. The standard InChI is InChI=1S/C18H26N4O3/c1-12(2)11-25-16-10-19-9-15(21-16)20-13-3-5-14(6-4-13)22-17(23)7-8-18(22)24/h9-10,12-14H,3-8,11H2,1-2H3,(H,20,21). The Balaban J connectivity index is 1.51. The van der Waals surface area contributed by atoms with Gasteiger partial charge in [0.25, 0.3) is 0 Å². The van der Waals surface area contributed by atoms with E-state index in [1.807, 2.05) is 0 Å². The van der Waals surface area contributed by atoms with Crippen LogP contribution in [0.15, 0.2) is 12.4 Å². The number of ether oxygens (including phenoxy) is 1. The van der Waals surface area contributed by atoms with Crippen LogP contribution in [0.4, 0.5) is 5.82 Å². The van der Waals surface area contributed by atoms with Crippen molar-refractivity contribution in [3.63, 3.8) is 0 Å². The summed E-state index contributed by atoms with van der Waals surface area (Å²) in [5, 5.41) is 3.40. The van der Waals surface area contributed by atoms with E-state index in [9.17, 15) is 9.59 Å². The Hall–Kier alpha value is -2.18. The predicted molar refractivity (Wildman–Crippen MR) is 93.1 cm³/mol. The molecular formula is C18H26N4O3. The molecule has 1 N–H and O–H groups in total. The van der Waals surface area contributed by atoms with Gasteiger partial charge in [0.2, 0.25) is 17.7 Å². The van der Waals surface area contributed by atoms with E-state index < -0.39 is 0 Å². The molecule has 2 fully saturated rings. The van der Waals surface area contributed by atoms with Crippen molar-refractivity contribution in [3.8, 4) is 5.88 Å². The van der Waals surface area contributed by atoms with Crippen LogP contribution < -0.4 is 10.1 Å². The number of carbonyl (C=O) groups is 2. The lowest BCUT2D eigenvalue weighted by atomic mass is 9.90. The fourth-order valence-corrected chi connectivity index (χ4v) is 3.43. The number of hydrogen-bond donors (Lipinski definition) is 1. The molecule has 1 saturated carbocycles. The molecule has 1 aromatic heterocycles. The van der Waals surface area contributed by atoms with Crippen LogP contribution in [0.5, 0.6) is 5.88 Å². The molecule has 0 radical (unpaired) electrons. The number of nitrogens with zero attached hydrogens (tertiary/aromatic N) is 3. The van der Waals surface area contributed by atoms with E-state index in [-0.39, 0.29) is 23.9 Å². The first-order chi connectivity index (χ1) is 12.0. The van der Waals surface area contributed by atoms with Crippen molar-refractivity contribution in [1.82, 2.24) is 14.9 Å². The largest absolute Gasteiger partial charge is 0.476 e. The zero-order valence-corrected chi connectivity index (χ0v) is 14.9. The number of hydrogen-bond acceptors (Lipinski definition) is 6. The van der Waals surface area contributed by atoms with Crippen molar-refractivity contribution in [3.05, 3.63) is 12.4 Å². The molecule has 136 valence electrons. The third-order valence-corrected chi connectivity index (χ3v) is 4.68. The molecular weight excluding hydrogens is 320 g/mol. The number of imide groups is 1. The summed E-state index contributed by atoms with van der Waals surface area (Å²) in [6, 6.07) is 0.339. The van der Waals surface area contributed by atoms with Crippen molar-refractivity contribution < 1.29 is 14.3 Å². The molecule has 0 spiro atoms. The second-order valence-electron chi connectivity index (χ2n) is 7.25. The summed E-state index contributed by atoms with van der Waals surface area (Å²) in [6.45, 7) is 4.79. The number of carbonyl (C=O) groups excluding carboxylic acids is 2. The van der Waals surface area contributed by atoms with Crippen LogP contribution in [0, 0.1) is 5.92 Å². The first-order valence-corrected chi connectivity index (χ1v) is 9.09. The number of anilines is 1. The van der Waals surface area contributed by atoms with Gasteiger partial charge in [0.1, 0.15) is 5.82 Å². The average Bonchev–Trinajstić information content (AvgIpc) is 2.93. The van der Waals surface area contributed by atoms with Gasteiger partial charge in [-0.05, 0) is 31.6 Å². The Morgan fingerprint density at radius 1 is 1.16 bits per heavy atom. The van der Waals surface area contributed by atoms with Crippen molar-refractivity contribution >= 4 is 17.6 Å². The van der Waals surface area contributed by atoms with Gasteiger partial charge in [-0.2, -0.15) is 4.98 Å². The average molecular weight is 346 g/mol. The van der Waals surface area contributed by atoms with Gasteiger partial charge < -0.3 is 10.1 Å². The van der Waals surface area contributed by atoms with Crippen molar-refractivity contribution in [2.24, 2.45) is 5.92 Å². The molecule has 0 unspecified atom stereocenters. The molecule has 25 heavy (non-hydrogen) atoms. The lowest BCUT2D eigenvalue weighted by Crippen LogP contribution is -2.43. The fraction of sp³-hybridized carbons (Fsp3) is 0.667. The van der Waals surface area contributed by atoms with Crippen molar-refractivity contribution in [2.75, 3.05) is 11.9 Å². The maximum Gasteiger partial charge on any atom is 0.234 e. The van der Waals surface area contributed by atoms with E-state index in [1.54, 1.807) is 12.4 Å². The van der Waals surface area contributed by atoms with Gasteiger partial charge in [-0.1, -0.05) is 13.8 Å². The van der Waals surface area contributed by atoms with Gasteiger partial charge in [0.15, 0.2) is 0 Å². The molecule has 0 bridgehead atoms. The smallest absolute Gasteiger partial charge is 0.234 e. The van der Waals surface area contributed by atoms with Crippen LogP contribution in [0.1, 0.15) is 52.4 Å². The maximum absolute atomic E-state index is 11.9. The van der Waals surface area contributed by atoms with E-state index in [2.05, 4.69) is 29.1 Å². The third kappa shape index (κ3) is 4.46. The molecule has 0 atom stereocenters. The molecule has 3 rings (SSSR count). The summed E-state index contributed by atoms with van der Waals surface area (Å²) < 4.78 is 5.61. The molecule has 1 aliphatic carbocycles. The van der Waals surface area contributed by atoms with Crippen LogP contribution in [0.2, 0.25) is 0 Å². The summed E-state index contributed by atoms with van der Waals surface area (Å²) in [4.78, 5) is 33.8. The van der Waals surface area contributed by atoms with Gasteiger partial charge in [0, 0.05) is 24.9 Å². The minimum atomic E-state index is -0.0118. The maximum atomic E-state index is 11.9. The summed E-state index contributed by atoms with van der Waals surface area (Å²) >= 11 is 0. The van der Waals surface area contributed by atoms with E-state index in [1.165, 1.54) is 4.90 Å². The summed E-state index contributed by atoms with van der Waals surface area (Å²) in [7, 11) is 0. The first-order valence-electron chi connectivity index (χ1n) is 9.09. The normalized spacial score (nSPS) is 24.0. The Bertz CT molecular complexity index is 611. The fourth-order valence-electron chi connectivity index (χ4n) is 3.43. The zero-order chi connectivity index (χ0) is 17.8. The van der Waals surface area contributed by atoms with Crippen LogP contribution in [-0.4, -0.2) is 45.4 Å². The number of likely N-dealkylation sites (tertiary alicyclic amines) is 1. The van der Waals surface area contributed by atoms with Gasteiger partial charge in [-0.3, -0.25) is 19.5 Å². The Morgan fingerprint density at radius 2 is 1.84 bits per heavy atom. The zero-order valence-electron chi connectivity index (χ0n) is 14.9. The number of nitrogens with one attached hydrogen (secondary N) is 1. The highest BCUT2D eigenvalue weighted by molar-refractivity contribution is 6.02. The van der Waals surface area contributed by atoms with Gasteiger partial charge >= 0.3 is 0 Å². The topological polar surface area (TPSA) is 84.4 Å². The summed E-state index contributed by atoms with van der Waals surface area (Å²) in [6.07, 6.45) is 7.54. The van der Waals surface area contributed by atoms with Crippen LogP contribution >= 0.6 is 0 Å². The lowest BCUT2D eigenvalue weighted by molar-refractivity contribution is -0.141. The Labute approximate surface area is 148 Å². The highest BCUT2D eigenvalue weighted by atomic mass is 16.5. The monoisotopic (exact) mass is 346 g/mol. The van der Waals surface area contributed by atoms with E-state index in [0.717, 1.165) is 25.7 Å². The van der Waals surface area contributed by atoms with Gasteiger partial charge in [0.05, 0.1) is 19.0 Å². The molecule has 0 aromatic carbocycles. The van der Waals surface area contributed by atoms with Crippen LogP contribution in [-0.2, 0) is 9.59 Å². The Morgan fingerprint density at radius 3 is 2.48 bits per heavy atom. The second kappa shape index (κ2) is 7.80. The van der Waals surface area contributed by atoms with E-state index >= 15 is 0 Å². The molecule has 2 amide bonds. The van der Waals surface area contributed by atoms with Crippen LogP contribution in [0.3, 0.4) is 0 Å². The highest BCUT2D eigenvalue weighted by Crippen LogP contribution is 2.28. The lowest BCUT2D eigenvalue weighted by Gasteiger charge is -2.33. The minimum Gasteiger partial charge on any atom is -0.476 e. The molecule has 1 aliphatic heterocycles. The first kappa shape index (κ1) is 17.6. The van der Waals surface area contributed by atoms with Gasteiger partial charge in [-0.25, -0.2) is 0 Å². The highest BCUT2D eigenvalue weighted by Gasteiger charge is 2.36. The molecule has 1 saturated heterocycles. The molecule has 7 heteroatoms. The van der Waals surface area contributed by atoms with Crippen molar-refractivity contribution in [2.45, 2.75) is 64.5 Å². The van der Waals surface area contributed by atoms with Gasteiger partial charge in [-0.15, -0.1) is 0 Å². The molecule has 1 aromatic rings. The third-order valence-electron chi connectivity index (χ3n) is 4.68. The Kier molecular flexibility index (Phi) is 5.50. The number of aromatic nitrogens is 2. The number of amides is 2. The minimum absolute atomic E-state index is 0.0118. The second-order valence-corrected chi connectivity index (χ2v) is 7.25. The van der Waals surface area contributed by atoms with Crippen molar-refractivity contribution in [1.29, 1.82) is 0 Å². The van der Waals surface area contributed by atoms with E-state index in [0.29, 0.717) is 37.1 Å². The summed E-state index contributed by atoms with van der Waals surface area (Å²) in [5.74, 6) is 1.65. The summed E-state index contributed by atoms with van der Waals surface area (Å²) in [5.41, 5.74) is 0.